The van der Waals surface area contributed by atoms with Gasteiger partial charge in [-0.1, -0.05) is 36.4 Å². The number of hydrogen-bond donors (Lipinski definition) is 1. The number of likely N-dealkylation sites (tertiary alicyclic amines) is 1. The molecule has 6 nitrogen and oxygen atoms in total. The summed E-state index contributed by atoms with van der Waals surface area (Å²) in [6.07, 6.45) is 7.21. The molecule has 3 aromatic rings. The van der Waals surface area contributed by atoms with Crippen LogP contribution in [-0.4, -0.2) is 54.7 Å². The minimum atomic E-state index is 0.0443. The van der Waals surface area contributed by atoms with E-state index in [1.54, 1.807) is 6.20 Å². The Hall–Kier alpha value is -3.38. The van der Waals surface area contributed by atoms with Crippen LogP contribution in [0.3, 0.4) is 0 Å². The molecule has 0 aliphatic carbocycles. The minimum Gasteiger partial charge on any atom is -0.486 e. The number of carbonyl (C=O) groups is 1. The molecule has 0 unspecified atom stereocenters. The molecule has 0 saturated carbocycles. The number of nitrogens with zero attached hydrogens (tertiary/aromatic N) is 2. The Kier molecular flexibility index (Phi) is 7.05. The van der Waals surface area contributed by atoms with Gasteiger partial charge < -0.3 is 19.7 Å². The number of benzene rings is 2. The first-order valence-corrected chi connectivity index (χ1v) is 12.1. The first kappa shape index (κ1) is 22.4. The van der Waals surface area contributed by atoms with Gasteiger partial charge in [0, 0.05) is 25.0 Å². The van der Waals surface area contributed by atoms with Gasteiger partial charge in [-0.15, -0.1) is 0 Å². The average molecular weight is 458 g/mol. The second kappa shape index (κ2) is 10.7. The maximum atomic E-state index is 13.0. The number of amides is 1. The molecule has 0 spiro atoms. The van der Waals surface area contributed by atoms with Crippen LogP contribution in [0.4, 0.5) is 0 Å². The molecular weight excluding hydrogens is 426 g/mol. The zero-order valence-corrected chi connectivity index (χ0v) is 19.4. The lowest BCUT2D eigenvalue weighted by molar-refractivity contribution is -0.121. The van der Waals surface area contributed by atoms with Crippen LogP contribution < -0.4 is 14.8 Å². The molecular formula is C28H31N3O3. The maximum absolute atomic E-state index is 13.0. The molecule has 2 aliphatic rings. The van der Waals surface area contributed by atoms with Crippen LogP contribution in [-0.2, 0) is 17.6 Å². The lowest BCUT2D eigenvalue weighted by Crippen LogP contribution is -2.45. The molecule has 1 amide bonds. The van der Waals surface area contributed by atoms with Crippen molar-refractivity contribution in [2.45, 2.75) is 31.7 Å². The van der Waals surface area contributed by atoms with Crippen molar-refractivity contribution < 1.29 is 14.3 Å². The quantitative estimate of drug-likeness (QED) is 0.556. The van der Waals surface area contributed by atoms with Crippen molar-refractivity contribution in [3.05, 3.63) is 78.1 Å². The van der Waals surface area contributed by atoms with E-state index in [0.29, 0.717) is 19.6 Å². The molecule has 1 atom stereocenters. The topological polar surface area (TPSA) is 63.7 Å². The number of fused-ring (bicyclic) bond motifs is 1. The van der Waals surface area contributed by atoms with E-state index < -0.39 is 0 Å². The Morgan fingerprint density at radius 1 is 0.941 bits per heavy atom. The minimum absolute atomic E-state index is 0.0443. The summed E-state index contributed by atoms with van der Waals surface area (Å²) in [7, 11) is 0. The van der Waals surface area contributed by atoms with Gasteiger partial charge in [0.1, 0.15) is 13.2 Å². The van der Waals surface area contributed by atoms with Gasteiger partial charge in [-0.3, -0.25) is 9.78 Å². The summed E-state index contributed by atoms with van der Waals surface area (Å²) in [4.78, 5) is 19.6. The number of hydrogen-bond acceptors (Lipinski definition) is 5. The summed E-state index contributed by atoms with van der Waals surface area (Å²) in [6.45, 7) is 4.22. The number of pyridine rings is 1. The Labute approximate surface area is 200 Å². The van der Waals surface area contributed by atoms with Gasteiger partial charge in [-0.05, 0) is 72.8 Å². The summed E-state index contributed by atoms with van der Waals surface area (Å²) >= 11 is 0. The van der Waals surface area contributed by atoms with Crippen molar-refractivity contribution in [2.75, 3.05) is 32.8 Å². The van der Waals surface area contributed by atoms with E-state index in [9.17, 15) is 4.79 Å². The van der Waals surface area contributed by atoms with Crippen molar-refractivity contribution in [3.8, 4) is 22.6 Å². The van der Waals surface area contributed by atoms with Gasteiger partial charge in [-0.2, -0.15) is 0 Å². The summed E-state index contributed by atoms with van der Waals surface area (Å²) in [5.41, 5.74) is 4.32. The molecule has 176 valence electrons. The SMILES string of the molecule is O=C(Cc1ccc(-c2cccnc2)cc1)N[C@@H](Cc1ccc2c(c1)OCCO2)CN1CCCC1. The third-order valence-electron chi connectivity index (χ3n) is 6.44. The predicted molar refractivity (Wildman–Crippen MR) is 132 cm³/mol. The lowest BCUT2D eigenvalue weighted by Gasteiger charge is -2.25. The monoisotopic (exact) mass is 457 g/mol. The van der Waals surface area contributed by atoms with Crippen LogP contribution in [0.5, 0.6) is 11.5 Å². The molecule has 3 heterocycles. The average Bonchev–Trinajstić information content (AvgIpc) is 3.38. The molecule has 1 saturated heterocycles. The van der Waals surface area contributed by atoms with Gasteiger partial charge in [0.15, 0.2) is 11.5 Å². The largest absolute Gasteiger partial charge is 0.486 e. The van der Waals surface area contributed by atoms with Crippen LogP contribution in [0.2, 0.25) is 0 Å². The van der Waals surface area contributed by atoms with E-state index in [1.807, 2.05) is 36.5 Å². The van der Waals surface area contributed by atoms with E-state index in [2.05, 4.69) is 39.5 Å². The molecule has 6 heteroatoms. The smallest absolute Gasteiger partial charge is 0.224 e. The first-order chi connectivity index (χ1) is 16.7. The van der Waals surface area contributed by atoms with Crippen molar-refractivity contribution in [3.63, 3.8) is 0 Å². The normalized spacial score (nSPS) is 16.2. The highest BCUT2D eigenvalue weighted by Gasteiger charge is 2.21. The number of aromatic nitrogens is 1. The summed E-state index contributed by atoms with van der Waals surface area (Å²) in [5.74, 6) is 1.64. The summed E-state index contributed by atoms with van der Waals surface area (Å²) in [5, 5.41) is 3.30. The van der Waals surface area contributed by atoms with Crippen LogP contribution in [0.15, 0.2) is 67.0 Å². The second-order valence-electron chi connectivity index (χ2n) is 9.07. The fourth-order valence-corrected chi connectivity index (χ4v) is 4.75. The maximum Gasteiger partial charge on any atom is 0.224 e. The molecule has 1 aromatic heterocycles. The van der Waals surface area contributed by atoms with Crippen LogP contribution in [0, 0.1) is 0 Å². The Balaban J connectivity index is 1.23. The van der Waals surface area contributed by atoms with Crippen molar-refractivity contribution in [2.24, 2.45) is 0 Å². The molecule has 0 bridgehead atoms. The Bertz CT molecular complexity index is 1100. The molecule has 1 fully saturated rings. The molecule has 1 N–H and O–H groups in total. The number of rotatable bonds is 8. The van der Waals surface area contributed by atoms with E-state index in [4.69, 9.17) is 9.47 Å². The fraction of sp³-hybridized carbons (Fsp3) is 0.357. The van der Waals surface area contributed by atoms with Gasteiger partial charge >= 0.3 is 0 Å². The third-order valence-corrected chi connectivity index (χ3v) is 6.44. The molecule has 2 aliphatic heterocycles. The van der Waals surface area contributed by atoms with Gasteiger partial charge in [0.25, 0.3) is 0 Å². The van der Waals surface area contributed by atoms with Gasteiger partial charge in [0.2, 0.25) is 5.91 Å². The third kappa shape index (κ3) is 5.75. The van der Waals surface area contributed by atoms with Crippen LogP contribution in [0.25, 0.3) is 11.1 Å². The number of carbonyl (C=O) groups excluding carboxylic acids is 1. The van der Waals surface area contributed by atoms with E-state index in [0.717, 1.165) is 59.8 Å². The molecule has 34 heavy (non-hydrogen) atoms. The van der Waals surface area contributed by atoms with Crippen molar-refractivity contribution in [1.82, 2.24) is 15.2 Å². The predicted octanol–water partition coefficient (Wildman–Crippen LogP) is 3.89. The van der Waals surface area contributed by atoms with E-state index >= 15 is 0 Å². The zero-order valence-electron chi connectivity index (χ0n) is 19.4. The van der Waals surface area contributed by atoms with E-state index in [-0.39, 0.29) is 11.9 Å². The molecule has 2 aromatic carbocycles. The van der Waals surface area contributed by atoms with Gasteiger partial charge in [-0.25, -0.2) is 0 Å². The highest BCUT2D eigenvalue weighted by molar-refractivity contribution is 5.79. The van der Waals surface area contributed by atoms with Gasteiger partial charge in [0.05, 0.1) is 6.42 Å². The fourth-order valence-electron chi connectivity index (χ4n) is 4.75. The summed E-state index contributed by atoms with van der Waals surface area (Å²) < 4.78 is 11.4. The lowest BCUT2D eigenvalue weighted by atomic mass is 10.0. The van der Waals surface area contributed by atoms with Crippen LogP contribution >= 0.6 is 0 Å². The second-order valence-corrected chi connectivity index (χ2v) is 9.07. The molecule has 0 radical (unpaired) electrons. The van der Waals surface area contributed by atoms with Crippen molar-refractivity contribution >= 4 is 5.91 Å². The Morgan fingerprint density at radius 3 is 2.47 bits per heavy atom. The standard InChI is InChI=1S/C28H31N3O3/c32-28(18-21-5-8-23(9-6-21)24-4-3-11-29-19-24)30-25(20-31-12-1-2-13-31)16-22-7-10-26-27(17-22)34-15-14-33-26/h3-11,17,19,25H,1-2,12-16,18,20H2,(H,30,32)/t25-/m0/s1. The zero-order chi connectivity index (χ0) is 23.2. The first-order valence-electron chi connectivity index (χ1n) is 12.1. The van der Waals surface area contributed by atoms with Crippen molar-refractivity contribution in [1.29, 1.82) is 0 Å². The highest BCUT2D eigenvalue weighted by Crippen LogP contribution is 2.31. The number of nitrogens with one attached hydrogen (secondary N) is 1. The van der Waals surface area contributed by atoms with Crippen LogP contribution in [0.1, 0.15) is 24.0 Å². The molecule has 5 rings (SSSR count). The van der Waals surface area contributed by atoms with E-state index in [1.165, 1.54) is 12.8 Å². The summed E-state index contributed by atoms with van der Waals surface area (Å²) in [6, 6.07) is 18.3. The Morgan fingerprint density at radius 2 is 1.71 bits per heavy atom. The highest BCUT2D eigenvalue weighted by atomic mass is 16.6. The number of ether oxygens (including phenoxy) is 2.